The minimum atomic E-state index is 0.0487. The van der Waals surface area contributed by atoms with Crippen LogP contribution in [-0.4, -0.2) is 24.5 Å². The Hall–Kier alpha value is -2.29. The van der Waals surface area contributed by atoms with Crippen LogP contribution in [0.15, 0.2) is 42.5 Å². The van der Waals surface area contributed by atoms with Gasteiger partial charge in [-0.05, 0) is 40.8 Å². The van der Waals surface area contributed by atoms with E-state index in [9.17, 15) is 4.79 Å². The fourth-order valence-corrected chi connectivity index (χ4v) is 2.89. The molecular weight excluding hydrogens is 286 g/mol. The molecule has 1 aliphatic heterocycles. The van der Waals surface area contributed by atoms with Crippen LogP contribution in [0.2, 0.25) is 0 Å². The van der Waals surface area contributed by atoms with E-state index >= 15 is 0 Å². The molecule has 0 fully saturated rings. The second-order valence-corrected chi connectivity index (χ2v) is 6.48. The molecule has 0 bridgehead atoms. The van der Waals surface area contributed by atoms with E-state index in [1.165, 1.54) is 5.56 Å². The van der Waals surface area contributed by atoms with Gasteiger partial charge in [0.15, 0.2) is 0 Å². The zero-order chi connectivity index (χ0) is 16.4. The largest absolute Gasteiger partial charge is 0.493 e. The van der Waals surface area contributed by atoms with Gasteiger partial charge in [-0.25, -0.2) is 0 Å². The van der Waals surface area contributed by atoms with Gasteiger partial charge >= 0.3 is 0 Å². The van der Waals surface area contributed by atoms with Crippen molar-refractivity contribution in [2.24, 2.45) is 0 Å². The Morgan fingerprint density at radius 3 is 2.61 bits per heavy atom. The van der Waals surface area contributed by atoms with Gasteiger partial charge in [0, 0.05) is 25.6 Å². The Kier molecular flexibility index (Phi) is 4.37. The first-order valence-corrected chi connectivity index (χ1v) is 8.14. The van der Waals surface area contributed by atoms with Crippen LogP contribution in [0.25, 0.3) is 0 Å². The monoisotopic (exact) mass is 309 g/mol. The van der Waals surface area contributed by atoms with Crippen LogP contribution in [0.1, 0.15) is 46.8 Å². The van der Waals surface area contributed by atoms with Crippen molar-refractivity contribution in [1.29, 1.82) is 0 Å². The summed E-state index contributed by atoms with van der Waals surface area (Å²) in [6.07, 6.45) is 0.886. The second kappa shape index (κ2) is 6.45. The van der Waals surface area contributed by atoms with Gasteiger partial charge < -0.3 is 9.64 Å². The number of carbonyl (C=O) groups is 1. The maximum absolute atomic E-state index is 12.6. The molecule has 0 atom stereocenters. The third-order valence-corrected chi connectivity index (χ3v) is 4.35. The maximum Gasteiger partial charge on any atom is 0.253 e. The SMILES string of the molecule is CC(C)c1ccc(CN(C)C(=O)c2ccc3c(c2)CCO3)cc1. The zero-order valence-corrected chi connectivity index (χ0v) is 14.0. The molecule has 3 nitrogen and oxygen atoms in total. The van der Waals surface area contributed by atoms with Crippen molar-refractivity contribution in [3.63, 3.8) is 0 Å². The molecule has 1 heterocycles. The zero-order valence-electron chi connectivity index (χ0n) is 14.0. The first-order valence-electron chi connectivity index (χ1n) is 8.14. The number of rotatable bonds is 4. The molecular formula is C20H23NO2. The minimum absolute atomic E-state index is 0.0487. The fourth-order valence-electron chi connectivity index (χ4n) is 2.89. The molecule has 0 radical (unpaired) electrons. The molecule has 0 N–H and O–H groups in total. The Balaban J connectivity index is 1.70. The number of nitrogens with zero attached hydrogens (tertiary/aromatic N) is 1. The molecule has 1 amide bonds. The Bertz CT molecular complexity index is 704. The van der Waals surface area contributed by atoms with Crippen molar-refractivity contribution in [2.45, 2.75) is 32.7 Å². The van der Waals surface area contributed by atoms with Gasteiger partial charge in [-0.1, -0.05) is 38.1 Å². The van der Waals surface area contributed by atoms with Crippen LogP contribution in [-0.2, 0) is 13.0 Å². The third-order valence-electron chi connectivity index (χ3n) is 4.35. The summed E-state index contributed by atoms with van der Waals surface area (Å²) in [5, 5.41) is 0. The lowest BCUT2D eigenvalue weighted by atomic mass is 10.0. The second-order valence-electron chi connectivity index (χ2n) is 6.48. The Morgan fingerprint density at radius 1 is 1.17 bits per heavy atom. The van der Waals surface area contributed by atoms with Gasteiger partial charge in [-0.2, -0.15) is 0 Å². The van der Waals surface area contributed by atoms with Gasteiger partial charge in [0.05, 0.1) is 6.61 Å². The highest BCUT2D eigenvalue weighted by Gasteiger charge is 2.17. The molecule has 0 spiro atoms. The van der Waals surface area contributed by atoms with E-state index in [-0.39, 0.29) is 5.91 Å². The lowest BCUT2D eigenvalue weighted by Crippen LogP contribution is -2.26. The summed E-state index contributed by atoms with van der Waals surface area (Å²) in [6.45, 7) is 5.69. The van der Waals surface area contributed by atoms with E-state index in [2.05, 4.69) is 38.1 Å². The van der Waals surface area contributed by atoms with Crippen molar-refractivity contribution < 1.29 is 9.53 Å². The number of carbonyl (C=O) groups excluding carboxylic acids is 1. The van der Waals surface area contributed by atoms with Crippen molar-refractivity contribution in [3.8, 4) is 5.75 Å². The van der Waals surface area contributed by atoms with E-state index in [0.717, 1.165) is 28.9 Å². The van der Waals surface area contributed by atoms with Gasteiger partial charge in [0.25, 0.3) is 5.91 Å². The normalized spacial score (nSPS) is 12.9. The van der Waals surface area contributed by atoms with E-state index in [1.807, 2.05) is 25.2 Å². The number of ether oxygens (including phenoxy) is 1. The maximum atomic E-state index is 12.6. The van der Waals surface area contributed by atoms with Gasteiger partial charge in [-0.3, -0.25) is 4.79 Å². The molecule has 0 saturated carbocycles. The molecule has 23 heavy (non-hydrogen) atoms. The molecule has 0 aromatic heterocycles. The molecule has 120 valence electrons. The topological polar surface area (TPSA) is 29.5 Å². The van der Waals surface area contributed by atoms with Crippen molar-refractivity contribution in [3.05, 3.63) is 64.7 Å². The number of hydrogen-bond donors (Lipinski definition) is 0. The first kappa shape index (κ1) is 15.6. The number of benzene rings is 2. The quantitative estimate of drug-likeness (QED) is 0.854. The summed E-state index contributed by atoms with van der Waals surface area (Å²) >= 11 is 0. The van der Waals surface area contributed by atoms with Gasteiger partial charge in [0.1, 0.15) is 5.75 Å². The van der Waals surface area contributed by atoms with Crippen LogP contribution in [0.4, 0.5) is 0 Å². The first-order chi connectivity index (χ1) is 11.0. The molecule has 0 saturated heterocycles. The predicted octanol–water partition coefficient (Wildman–Crippen LogP) is 4.02. The summed E-state index contributed by atoms with van der Waals surface area (Å²) in [4.78, 5) is 14.4. The van der Waals surface area contributed by atoms with Crippen molar-refractivity contribution in [2.75, 3.05) is 13.7 Å². The molecule has 0 aliphatic carbocycles. The molecule has 1 aliphatic rings. The summed E-state index contributed by atoms with van der Waals surface area (Å²) in [5.41, 5.74) is 4.33. The van der Waals surface area contributed by atoms with E-state index < -0.39 is 0 Å². The van der Waals surface area contributed by atoms with E-state index in [4.69, 9.17) is 4.74 Å². The van der Waals surface area contributed by atoms with Gasteiger partial charge in [0.2, 0.25) is 0 Å². The molecule has 3 heteroatoms. The van der Waals surface area contributed by atoms with Crippen LogP contribution in [0.5, 0.6) is 5.75 Å². The standard InChI is InChI=1S/C20H23NO2/c1-14(2)16-6-4-15(5-7-16)13-21(3)20(22)18-8-9-19-17(12-18)10-11-23-19/h4-9,12,14H,10-11,13H2,1-3H3. The number of amides is 1. The highest BCUT2D eigenvalue weighted by Crippen LogP contribution is 2.26. The average molecular weight is 309 g/mol. The molecule has 0 unspecified atom stereocenters. The molecule has 2 aromatic carbocycles. The number of fused-ring (bicyclic) bond motifs is 1. The van der Waals surface area contributed by atoms with Crippen molar-refractivity contribution >= 4 is 5.91 Å². The van der Waals surface area contributed by atoms with E-state index in [0.29, 0.717) is 19.1 Å². The Labute approximate surface area is 137 Å². The molecule has 3 rings (SSSR count). The average Bonchev–Trinajstić information content (AvgIpc) is 3.02. The smallest absolute Gasteiger partial charge is 0.253 e. The van der Waals surface area contributed by atoms with Crippen LogP contribution >= 0.6 is 0 Å². The van der Waals surface area contributed by atoms with Crippen LogP contribution < -0.4 is 4.74 Å². The van der Waals surface area contributed by atoms with Gasteiger partial charge in [-0.15, -0.1) is 0 Å². The van der Waals surface area contributed by atoms with Crippen molar-refractivity contribution in [1.82, 2.24) is 4.90 Å². The summed E-state index contributed by atoms with van der Waals surface area (Å²) in [6, 6.07) is 14.2. The van der Waals surface area contributed by atoms with Crippen LogP contribution in [0, 0.1) is 0 Å². The third kappa shape index (κ3) is 3.39. The minimum Gasteiger partial charge on any atom is -0.493 e. The lowest BCUT2D eigenvalue weighted by molar-refractivity contribution is 0.0785. The van der Waals surface area contributed by atoms with E-state index in [1.54, 1.807) is 4.90 Å². The molecule has 2 aromatic rings. The summed E-state index contributed by atoms with van der Waals surface area (Å²) in [7, 11) is 1.85. The summed E-state index contributed by atoms with van der Waals surface area (Å²) < 4.78 is 5.49. The lowest BCUT2D eigenvalue weighted by Gasteiger charge is -2.18. The Morgan fingerprint density at radius 2 is 1.91 bits per heavy atom. The highest BCUT2D eigenvalue weighted by molar-refractivity contribution is 5.94. The summed E-state index contributed by atoms with van der Waals surface area (Å²) in [5.74, 6) is 1.48. The number of hydrogen-bond acceptors (Lipinski definition) is 2. The fraction of sp³-hybridized carbons (Fsp3) is 0.350. The highest BCUT2D eigenvalue weighted by atomic mass is 16.5. The predicted molar refractivity (Wildman–Crippen MR) is 92.0 cm³/mol. The van der Waals surface area contributed by atoms with Crippen LogP contribution in [0.3, 0.4) is 0 Å².